The first kappa shape index (κ1) is 35.3. The zero-order valence-electron chi connectivity index (χ0n) is 29.9. The van der Waals surface area contributed by atoms with E-state index in [9.17, 15) is 14.7 Å². The Morgan fingerprint density at radius 1 is 0.923 bits per heavy atom. The van der Waals surface area contributed by atoms with E-state index < -0.39 is 0 Å². The normalized spacial score (nSPS) is 16.0. The van der Waals surface area contributed by atoms with Crippen LogP contribution in [0, 0.1) is 6.92 Å². The number of nitrogens with zero attached hydrogens (tertiary/aromatic N) is 6. The molecule has 52 heavy (non-hydrogen) atoms. The largest absolute Gasteiger partial charge is 0.508 e. The monoisotopic (exact) mass is 718 g/mol. The van der Waals surface area contributed by atoms with Crippen LogP contribution in [0.25, 0.3) is 11.3 Å². The number of benzene rings is 3. The second kappa shape index (κ2) is 14.8. The molecule has 7 rings (SSSR count). The minimum atomic E-state index is -0.269. The number of anilines is 3. The standard InChI is InChI=1S/C41H43ClN6O4/c1-27-36(41(51)48(31-10-12-34(49)13-11-31)32-15-16-43-39(23-32)44(2)3)24-38(45(27)4)37-22-30(42)9-14-35(37)40(50)47-25-29-8-6-5-7-28(29)21-33(47)26-46-17-19-52-20-18-46/h5-16,22-24,33,49H,17-21,25-26H2,1-4H3/t33-/m0/s1. The number of morpholine rings is 1. The first-order valence-electron chi connectivity index (χ1n) is 17.5. The summed E-state index contributed by atoms with van der Waals surface area (Å²) in [6.07, 6.45) is 2.44. The molecule has 10 nitrogen and oxygen atoms in total. The molecule has 0 aliphatic carbocycles. The van der Waals surface area contributed by atoms with Crippen molar-refractivity contribution in [2.24, 2.45) is 7.05 Å². The summed E-state index contributed by atoms with van der Waals surface area (Å²) in [5, 5.41) is 10.5. The molecule has 0 bridgehead atoms. The van der Waals surface area contributed by atoms with Crippen LogP contribution in [0.4, 0.5) is 17.2 Å². The van der Waals surface area contributed by atoms with E-state index in [0.29, 0.717) is 64.4 Å². The average molecular weight is 719 g/mol. The summed E-state index contributed by atoms with van der Waals surface area (Å²) in [5.74, 6) is 0.438. The second-order valence-electron chi connectivity index (χ2n) is 13.7. The number of halogens is 1. The summed E-state index contributed by atoms with van der Waals surface area (Å²) in [6.45, 7) is 6.21. The van der Waals surface area contributed by atoms with Gasteiger partial charge in [-0.25, -0.2) is 4.98 Å². The van der Waals surface area contributed by atoms with Gasteiger partial charge in [0.05, 0.1) is 24.5 Å². The molecule has 2 aromatic heterocycles. The third-order valence-corrected chi connectivity index (χ3v) is 10.4. The van der Waals surface area contributed by atoms with Gasteiger partial charge in [0.2, 0.25) is 0 Å². The fourth-order valence-corrected chi connectivity index (χ4v) is 7.38. The van der Waals surface area contributed by atoms with E-state index in [4.69, 9.17) is 16.3 Å². The Kier molecular flexibility index (Phi) is 10.1. The summed E-state index contributed by atoms with van der Waals surface area (Å²) in [4.78, 5) is 41.9. The molecule has 2 amide bonds. The minimum absolute atomic E-state index is 0.0254. The number of ether oxygens (including phenoxy) is 1. The summed E-state index contributed by atoms with van der Waals surface area (Å²) < 4.78 is 7.55. The van der Waals surface area contributed by atoms with E-state index in [1.54, 1.807) is 53.6 Å². The number of rotatable bonds is 8. The zero-order valence-corrected chi connectivity index (χ0v) is 30.7. The Balaban J connectivity index is 1.28. The van der Waals surface area contributed by atoms with E-state index >= 15 is 0 Å². The van der Waals surface area contributed by atoms with Crippen molar-refractivity contribution in [1.82, 2.24) is 19.4 Å². The number of carbonyl (C=O) groups is 2. The lowest BCUT2D eigenvalue weighted by atomic mass is 9.92. The van der Waals surface area contributed by atoms with Gasteiger partial charge in [0, 0.05) is 98.9 Å². The van der Waals surface area contributed by atoms with E-state index in [0.717, 1.165) is 37.3 Å². The molecule has 0 spiro atoms. The van der Waals surface area contributed by atoms with Crippen LogP contribution in [0.5, 0.6) is 5.75 Å². The van der Waals surface area contributed by atoms with Crippen LogP contribution in [0.3, 0.4) is 0 Å². The molecule has 5 aromatic rings. The van der Waals surface area contributed by atoms with Crippen LogP contribution in [0.1, 0.15) is 37.5 Å². The molecule has 1 atom stereocenters. The summed E-state index contributed by atoms with van der Waals surface area (Å²) in [7, 11) is 5.68. The lowest BCUT2D eigenvalue weighted by Gasteiger charge is -2.40. The number of aromatic hydroxyl groups is 1. The van der Waals surface area contributed by atoms with E-state index in [1.165, 1.54) is 5.56 Å². The van der Waals surface area contributed by atoms with Crippen molar-refractivity contribution >= 4 is 40.6 Å². The van der Waals surface area contributed by atoms with Crippen molar-refractivity contribution in [3.8, 4) is 17.0 Å². The predicted octanol–water partition coefficient (Wildman–Crippen LogP) is 6.70. The van der Waals surface area contributed by atoms with Gasteiger partial charge >= 0.3 is 0 Å². The molecule has 0 unspecified atom stereocenters. The molecular formula is C41H43ClN6O4. The Bertz CT molecular complexity index is 2110. The first-order valence-corrected chi connectivity index (χ1v) is 17.9. The van der Waals surface area contributed by atoms with Crippen molar-refractivity contribution in [1.29, 1.82) is 0 Å². The van der Waals surface area contributed by atoms with E-state index in [-0.39, 0.29) is 23.6 Å². The molecule has 1 fully saturated rings. The fourth-order valence-electron chi connectivity index (χ4n) is 7.21. The number of phenols is 1. The lowest BCUT2D eigenvalue weighted by molar-refractivity contribution is 0.0193. The third-order valence-electron chi connectivity index (χ3n) is 10.2. The fraction of sp³-hybridized carbons (Fsp3) is 0.293. The van der Waals surface area contributed by atoms with Crippen LogP contribution >= 0.6 is 11.6 Å². The SMILES string of the molecule is Cc1c(C(=O)N(c2ccc(O)cc2)c2ccnc(N(C)C)c2)cc(-c2cc(Cl)ccc2C(=O)N2Cc3ccccc3C[C@H]2CN2CCOCC2)n1C. The number of pyridine rings is 1. The highest BCUT2D eigenvalue weighted by atomic mass is 35.5. The first-order chi connectivity index (χ1) is 25.1. The molecule has 2 aliphatic rings. The van der Waals surface area contributed by atoms with Gasteiger partial charge in [0.25, 0.3) is 11.8 Å². The Morgan fingerprint density at radius 2 is 1.65 bits per heavy atom. The van der Waals surface area contributed by atoms with Gasteiger partial charge in [0.1, 0.15) is 11.6 Å². The zero-order chi connectivity index (χ0) is 36.5. The summed E-state index contributed by atoms with van der Waals surface area (Å²) >= 11 is 6.65. The van der Waals surface area contributed by atoms with Crippen LogP contribution in [0.15, 0.2) is 91.1 Å². The second-order valence-corrected chi connectivity index (χ2v) is 14.1. The predicted molar refractivity (Wildman–Crippen MR) is 205 cm³/mol. The molecule has 11 heteroatoms. The van der Waals surface area contributed by atoms with Crippen LogP contribution in [-0.4, -0.2) is 89.3 Å². The molecular weight excluding hydrogens is 676 g/mol. The molecule has 0 saturated carbocycles. The summed E-state index contributed by atoms with van der Waals surface area (Å²) in [6, 6.07) is 25.7. The van der Waals surface area contributed by atoms with Crippen molar-refractivity contribution in [2.45, 2.75) is 25.9 Å². The quantitative estimate of drug-likeness (QED) is 0.191. The Hall–Kier alpha value is -5.16. The maximum atomic E-state index is 14.8. The number of aromatic nitrogens is 2. The molecule has 0 radical (unpaired) electrons. The molecule has 2 aliphatic heterocycles. The molecule has 268 valence electrons. The number of hydrogen-bond donors (Lipinski definition) is 1. The van der Waals surface area contributed by atoms with E-state index in [1.807, 2.05) is 66.7 Å². The lowest BCUT2D eigenvalue weighted by Crippen LogP contribution is -2.52. The van der Waals surface area contributed by atoms with E-state index in [2.05, 4.69) is 28.1 Å². The third kappa shape index (κ3) is 7.01. The van der Waals surface area contributed by atoms with Gasteiger partial charge in [-0.1, -0.05) is 35.9 Å². The van der Waals surface area contributed by atoms with Crippen molar-refractivity contribution in [3.63, 3.8) is 0 Å². The van der Waals surface area contributed by atoms with Crippen molar-refractivity contribution in [3.05, 3.63) is 124 Å². The highest BCUT2D eigenvalue weighted by molar-refractivity contribution is 6.31. The van der Waals surface area contributed by atoms with Crippen LogP contribution in [-0.2, 0) is 24.8 Å². The van der Waals surface area contributed by atoms with Gasteiger partial charge in [-0.3, -0.25) is 19.4 Å². The smallest absolute Gasteiger partial charge is 0.264 e. The maximum absolute atomic E-state index is 14.8. The number of hydrogen-bond acceptors (Lipinski definition) is 7. The Morgan fingerprint density at radius 3 is 2.38 bits per heavy atom. The van der Waals surface area contributed by atoms with Gasteiger partial charge in [0.15, 0.2) is 0 Å². The maximum Gasteiger partial charge on any atom is 0.264 e. The molecule has 3 aromatic carbocycles. The van der Waals surface area contributed by atoms with Gasteiger partial charge in [-0.2, -0.15) is 0 Å². The van der Waals surface area contributed by atoms with Crippen LogP contribution < -0.4 is 9.80 Å². The minimum Gasteiger partial charge on any atom is -0.508 e. The van der Waals surface area contributed by atoms with Crippen molar-refractivity contribution in [2.75, 3.05) is 56.7 Å². The topological polar surface area (TPSA) is 94.4 Å². The molecule has 1 N–H and O–H groups in total. The van der Waals surface area contributed by atoms with Crippen molar-refractivity contribution < 1.29 is 19.4 Å². The number of fused-ring (bicyclic) bond motifs is 1. The number of phenolic OH excluding ortho intramolecular Hbond substituents is 1. The molecule has 4 heterocycles. The number of amides is 2. The van der Waals surface area contributed by atoms with Crippen LogP contribution in [0.2, 0.25) is 5.02 Å². The number of carbonyl (C=O) groups excluding carboxylic acids is 2. The highest BCUT2D eigenvalue weighted by Crippen LogP contribution is 2.36. The molecule has 1 saturated heterocycles. The highest BCUT2D eigenvalue weighted by Gasteiger charge is 2.34. The summed E-state index contributed by atoms with van der Waals surface area (Å²) in [5.41, 5.74) is 6.68. The van der Waals surface area contributed by atoms with Gasteiger partial charge in [-0.15, -0.1) is 0 Å². The average Bonchev–Trinajstić information content (AvgIpc) is 3.45. The van der Waals surface area contributed by atoms with Gasteiger partial charge in [-0.05, 0) is 79.1 Å². The van der Waals surface area contributed by atoms with Gasteiger partial charge < -0.3 is 24.2 Å². The Labute approximate surface area is 309 Å².